The van der Waals surface area contributed by atoms with Crippen LogP contribution in [0.25, 0.3) is 0 Å². The molecule has 0 unspecified atom stereocenters. The van der Waals surface area contributed by atoms with Gasteiger partial charge in [-0.3, -0.25) is 14.4 Å². The van der Waals surface area contributed by atoms with Gasteiger partial charge in [0, 0.05) is 13.0 Å². The molecule has 0 amide bonds. The molecular weight excluding hydrogens is 310 g/mol. The average Bonchev–Trinajstić information content (AvgIpc) is 2.46. The molecule has 0 spiro atoms. The van der Waals surface area contributed by atoms with Crippen molar-refractivity contribution in [3.63, 3.8) is 0 Å². The maximum absolute atomic E-state index is 10.1. The van der Waals surface area contributed by atoms with Crippen molar-refractivity contribution in [1.29, 1.82) is 0 Å². The molecule has 138 valence electrons. The fourth-order valence-corrected chi connectivity index (χ4v) is 1.03. The monoisotopic (exact) mass is 339 g/mol. The molecule has 0 aromatic heterocycles. The third kappa shape index (κ3) is 25.5. The third-order valence-corrected chi connectivity index (χ3v) is 2.27. The van der Waals surface area contributed by atoms with E-state index < -0.39 is 30.0 Å². The first-order valence-electron chi connectivity index (χ1n) is 7.13. The summed E-state index contributed by atoms with van der Waals surface area (Å²) in [5.74, 6) is -3.13. The Kier molecular flexibility index (Phi) is 20.8. The molecule has 0 bridgehead atoms. The lowest BCUT2D eigenvalue weighted by atomic mass is 10.1. The van der Waals surface area contributed by atoms with E-state index in [1.54, 1.807) is 6.92 Å². The molecule has 0 aromatic rings. The zero-order chi connectivity index (χ0) is 18.8. The number of aliphatic hydroxyl groups is 1. The van der Waals surface area contributed by atoms with Crippen LogP contribution in [0.15, 0.2) is 0 Å². The Bertz CT molecular complexity index is 327. The second-order valence-corrected chi connectivity index (χ2v) is 4.42. The van der Waals surface area contributed by atoms with E-state index in [9.17, 15) is 14.4 Å². The SMILES string of the molecule is CCO.NCCCC[C@H](N)C(=O)O.N[C@@H](CCC(=O)O)C(=O)O. The van der Waals surface area contributed by atoms with E-state index in [2.05, 4.69) is 0 Å². The van der Waals surface area contributed by atoms with Gasteiger partial charge in [-0.1, -0.05) is 6.42 Å². The Hall–Kier alpha value is -1.75. The highest BCUT2D eigenvalue weighted by Gasteiger charge is 2.12. The van der Waals surface area contributed by atoms with Gasteiger partial charge >= 0.3 is 17.9 Å². The largest absolute Gasteiger partial charge is 0.481 e. The highest BCUT2D eigenvalue weighted by molar-refractivity contribution is 5.74. The molecule has 0 saturated carbocycles. The molecule has 0 aliphatic heterocycles. The minimum atomic E-state index is -1.17. The summed E-state index contributed by atoms with van der Waals surface area (Å²) in [4.78, 5) is 30.0. The number of hydrogen-bond donors (Lipinski definition) is 7. The summed E-state index contributed by atoms with van der Waals surface area (Å²) in [6, 6.07) is -1.78. The number of unbranched alkanes of at least 4 members (excludes halogenated alkanes) is 1. The lowest BCUT2D eigenvalue weighted by Gasteiger charge is -2.03. The molecule has 0 heterocycles. The Balaban J connectivity index is -0.000000297. The van der Waals surface area contributed by atoms with Crippen LogP contribution in [0.4, 0.5) is 0 Å². The topological polar surface area (TPSA) is 210 Å². The number of aliphatic carboxylic acids is 3. The molecule has 0 fully saturated rings. The molecule has 0 aliphatic carbocycles. The molecule has 0 radical (unpaired) electrons. The fraction of sp³-hybridized carbons (Fsp3) is 0.769. The number of carboxylic acid groups (broad SMARTS) is 3. The van der Waals surface area contributed by atoms with E-state index >= 15 is 0 Å². The van der Waals surface area contributed by atoms with E-state index in [1.165, 1.54) is 0 Å². The summed E-state index contributed by atoms with van der Waals surface area (Å²) in [6.07, 6.45) is 1.94. The van der Waals surface area contributed by atoms with Crippen molar-refractivity contribution in [2.24, 2.45) is 17.2 Å². The summed E-state index contributed by atoms with van der Waals surface area (Å²) in [7, 11) is 0. The predicted molar refractivity (Wildman–Crippen MR) is 83.8 cm³/mol. The average molecular weight is 339 g/mol. The van der Waals surface area contributed by atoms with Crippen LogP contribution >= 0.6 is 0 Å². The number of hydrogen-bond acceptors (Lipinski definition) is 7. The lowest BCUT2D eigenvalue weighted by Crippen LogP contribution is -2.30. The standard InChI is InChI=1S/C6H14N2O2.C5H9NO4.C2H6O/c7-4-2-1-3-5(8)6(9)10;6-3(5(9)10)1-2-4(7)8;1-2-3/h5H,1-4,7-8H2,(H,9,10);3H,1-2,6H2,(H,7,8)(H,9,10);3H,2H2,1H3/t5-;3-;/m00./s1. The first-order valence-corrected chi connectivity index (χ1v) is 7.13. The van der Waals surface area contributed by atoms with Gasteiger partial charge in [0.15, 0.2) is 0 Å². The van der Waals surface area contributed by atoms with Crippen LogP contribution in [0, 0.1) is 0 Å². The minimum absolute atomic E-state index is 0.0231. The molecule has 0 aliphatic rings. The first kappa shape index (κ1) is 26.2. The Morgan fingerprint density at radius 1 is 0.913 bits per heavy atom. The van der Waals surface area contributed by atoms with Crippen LogP contribution in [0.1, 0.15) is 39.0 Å². The molecular formula is C13H29N3O7. The van der Waals surface area contributed by atoms with Crippen LogP contribution in [0.3, 0.4) is 0 Å². The van der Waals surface area contributed by atoms with Crippen molar-refractivity contribution in [1.82, 2.24) is 0 Å². The van der Waals surface area contributed by atoms with Crippen LogP contribution in [0.5, 0.6) is 0 Å². The van der Waals surface area contributed by atoms with Crippen molar-refractivity contribution in [3.8, 4) is 0 Å². The van der Waals surface area contributed by atoms with Crippen LogP contribution in [-0.4, -0.2) is 63.6 Å². The van der Waals surface area contributed by atoms with Crippen molar-refractivity contribution in [2.75, 3.05) is 13.2 Å². The summed E-state index contributed by atoms with van der Waals surface area (Å²) >= 11 is 0. The van der Waals surface area contributed by atoms with Gasteiger partial charge < -0.3 is 37.6 Å². The van der Waals surface area contributed by atoms with Gasteiger partial charge in [0.1, 0.15) is 12.1 Å². The molecule has 0 saturated heterocycles. The van der Waals surface area contributed by atoms with Crippen molar-refractivity contribution >= 4 is 17.9 Å². The normalized spacial score (nSPS) is 11.9. The van der Waals surface area contributed by atoms with Gasteiger partial charge in [0.05, 0.1) is 0 Å². The van der Waals surface area contributed by atoms with Crippen molar-refractivity contribution in [3.05, 3.63) is 0 Å². The Morgan fingerprint density at radius 2 is 1.30 bits per heavy atom. The zero-order valence-corrected chi connectivity index (χ0v) is 13.4. The highest BCUT2D eigenvalue weighted by Crippen LogP contribution is 1.97. The van der Waals surface area contributed by atoms with Gasteiger partial charge in [-0.15, -0.1) is 0 Å². The number of carbonyl (C=O) groups is 3. The van der Waals surface area contributed by atoms with E-state index in [-0.39, 0.29) is 19.4 Å². The molecule has 10 heteroatoms. The second kappa shape index (κ2) is 18.3. The van der Waals surface area contributed by atoms with Gasteiger partial charge in [-0.05, 0) is 32.7 Å². The second-order valence-electron chi connectivity index (χ2n) is 4.42. The number of nitrogens with two attached hydrogens (primary N) is 3. The van der Waals surface area contributed by atoms with E-state index in [0.717, 1.165) is 12.8 Å². The number of rotatable bonds is 9. The quantitative estimate of drug-likeness (QED) is 0.249. The maximum Gasteiger partial charge on any atom is 0.320 e. The molecule has 2 atom stereocenters. The zero-order valence-electron chi connectivity index (χ0n) is 13.4. The molecule has 10 N–H and O–H groups in total. The van der Waals surface area contributed by atoms with Crippen LogP contribution in [-0.2, 0) is 14.4 Å². The minimum Gasteiger partial charge on any atom is -0.481 e. The van der Waals surface area contributed by atoms with E-state index in [0.29, 0.717) is 13.0 Å². The molecule has 23 heavy (non-hydrogen) atoms. The van der Waals surface area contributed by atoms with Crippen LogP contribution in [0.2, 0.25) is 0 Å². The van der Waals surface area contributed by atoms with Gasteiger partial charge in [-0.2, -0.15) is 0 Å². The third-order valence-electron chi connectivity index (χ3n) is 2.27. The Morgan fingerprint density at radius 3 is 1.61 bits per heavy atom. The molecule has 0 aromatic carbocycles. The van der Waals surface area contributed by atoms with Gasteiger partial charge in [0.25, 0.3) is 0 Å². The van der Waals surface area contributed by atoms with E-state index in [1.807, 2.05) is 0 Å². The van der Waals surface area contributed by atoms with Gasteiger partial charge in [-0.25, -0.2) is 0 Å². The summed E-state index contributed by atoms with van der Waals surface area (Å²) < 4.78 is 0. The van der Waals surface area contributed by atoms with Crippen LogP contribution < -0.4 is 17.2 Å². The summed E-state index contributed by atoms with van der Waals surface area (Å²) in [5.41, 5.74) is 15.4. The smallest absolute Gasteiger partial charge is 0.320 e. The van der Waals surface area contributed by atoms with Crippen molar-refractivity contribution in [2.45, 2.75) is 51.1 Å². The highest BCUT2D eigenvalue weighted by atomic mass is 16.4. The first-order chi connectivity index (χ1) is 10.6. The lowest BCUT2D eigenvalue weighted by molar-refractivity contribution is -0.140. The number of aliphatic hydroxyl groups excluding tert-OH is 1. The Labute approximate surface area is 135 Å². The predicted octanol–water partition coefficient (Wildman–Crippen LogP) is -1.21. The number of carboxylic acids is 3. The molecule has 0 rings (SSSR count). The van der Waals surface area contributed by atoms with Gasteiger partial charge in [0.2, 0.25) is 0 Å². The van der Waals surface area contributed by atoms with E-state index in [4.69, 9.17) is 37.6 Å². The maximum atomic E-state index is 10.1. The van der Waals surface area contributed by atoms with Crippen molar-refractivity contribution < 1.29 is 34.8 Å². The summed E-state index contributed by atoms with van der Waals surface area (Å²) in [5, 5.41) is 32.2. The summed E-state index contributed by atoms with van der Waals surface area (Å²) in [6.45, 7) is 2.53. The fourth-order valence-electron chi connectivity index (χ4n) is 1.03. The molecule has 10 nitrogen and oxygen atoms in total.